The van der Waals surface area contributed by atoms with Crippen LogP contribution in [0.25, 0.3) is 0 Å². The van der Waals surface area contributed by atoms with Gasteiger partial charge in [-0.3, -0.25) is 9.59 Å². The third kappa shape index (κ3) is 11.8. The zero-order valence-electron chi connectivity index (χ0n) is 23.1. The number of carbonyl (C=O) groups is 2. The lowest BCUT2D eigenvalue weighted by molar-refractivity contribution is -0.132. The smallest absolute Gasteiger partial charge is 0.243 e. The van der Waals surface area contributed by atoms with Crippen molar-refractivity contribution < 1.29 is 23.1 Å². The van der Waals surface area contributed by atoms with Crippen LogP contribution >= 0.6 is 0 Å². The van der Waals surface area contributed by atoms with Crippen LogP contribution in [0.15, 0.2) is 30.3 Å². The number of aliphatic hydroxyl groups excluding tert-OH is 1. The van der Waals surface area contributed by atoms with Crippen LogP contribution < -0.4 is 10.6 Å². The van der Waals surface area contributed by atoms with Gasteiger partial charge in [-0.1, -0.05) is 65.0 Å². The fourth-order valence-corrected chi connectivity index (χ4v) is 4.58. The summed E-state index contributed by atoms with van der Waals surface area (Å²) in [6.45, 7) is 9.85. The summed E-state index contributed by atoms with van der Waals surface area (Å²) in [5, 5.41) is 16.9. The minimum Gasteiger partial charge on any atom is -0.390 e. The van der Waals surface area contributed by atoms with Gasteiger partial charge in [0.25, 0.3) is 0 Å². The molecule has 3 atom stereocenters. The Kier molecular flexibility index (Phi) is 12.5. The predicted molar refractivity (Wildman–Crippen MR) is 144 cm³/mol. The van der Waals surface area contributed by atoms with Crippen LogP contribution in [0.5, 0.6) is 0 Å². The van der Waals surface area contributed by atoms with Crippen molar-refractivity contribution in [2.24, 2.45) is 11.3 Å². The molecule has 36 heavy (non-hydrogen) atoms. The molecule has 1 aromatic rings. The largest absolute Gasteiger partial charge is 0.390 e. The summed E-state index contributed by atoms with van der Waals surface area (Å²) in [4.78, 5) is 27.6. The van der Waals surface area contributed by atoms with E-state index < -0.39 is 39.5 Å². The summed E-state index contributed by atoms with van der Waals surface area (Å²) in [5.74, 6) is -0.417. The van der Waals surface area contributed by atoms with Gasteiger partial charge in [-0.2, -0.15) is 4.31 Å². The van der Waals surface area contributed by atoms with E-state index in [1.165, 1.54) is 4.31 Å². The molecule has 0 spiro atoms. The maximum atomic E-state index is 13.4. The second-order valence-electron chi connectivity index (χ2n) is 11.3. The van der Waals surface area contributed by atoms with Crippen molar-refractivity contribution in [1.82, 2.24) is 19.8 Å². The highest BCUT2D eigenvalue weighted by atomic mass is 32.2. The van der Waals surface area contributed by atoms with Crippen LogP contribution in [0.2, 0.25) is 0 Å². The molecule has 3 N–H and O–H groups in total. The van der Waals surface area contributed by atoms with Gasteiger partial charge in [0, 0.05) is 13.1 Å². The third-order valence-electron chi connectivity index (χ3n) is 5.80. The Labute approximate surface area is 217 Å². The summed E-state index contributed by atoms with van der Waals surface area (Å²) < 4.78 is 26.1. The second-order valence-corrected chi connectivity index (χ2v) is 13.3. The van der Waals surface area contributed by atoms with Crippen LogP contribution in [0.4, 0.5) is 0 Å². The zero-order chi connectivity index (χ0) is 27.7. The Morgan fingerprint density at radius 2 is 1.64 bits per heavy atom. The van der Waals surface area contributed by atoms with Gasteiger partial charge < -0.3 is 20.6 Å². The molecule has 0 aromatic heterocycles. The summed E-state index contributed by atoms with van der Waals surface area (Å²) in [6, 6.07) is 7.77. The van der Waals surface area contributed by atoms with Crippen molar-refractivity contribution in [1.29, 1.82) is 0 Å². The van der Waals surface area contributed by atoms with Gasteiger partial charge in [-0.15, -0.1) is 0 Å². The molecule has 0 saturated carbocycles. The van der Waals surface area contributed by atoms with E-state index in [4.69, 9.17) is 0 Å². The average molecular weight is 527 g/mol. The van der Waals surface area contributed by atoms with Crippen LogP contribution in [0.1, 0.15) is 46.6 Å². The number of sulfonamides is 1. The standard InChI is InChI=1S/C26H46N4O5S/c1-19(2)14-15-30(36(8,34)35)17-22(31)21(16-20-12-10-9-11-13-20)27-25(33)24(26(3,4)5)28-23(32)18-29(6)7/h9-13,19,21-22,24,31H,14-18H2,1-8H3,(H,27,33)(H,28,32)/t21-,22+,24+/m0/s1. The number of carbonyl (C=O) groups excluding carboxylic acids is 2. The molecule has 9 nitrogen and oxygen atoms in total. The number of aliphatic hydroxyl groups is 1. The van der Waals surface area contributed by atoms with Gasteiger partial charge in [0.15, 0.2) is 0 Å². The molecule has 0 aliphatic rings. The fraction of sp³-hybridized carbons (Fsp3) is 0.692. The number of rotatable bonds is 14. The van der Waals surface area contributed by atoms with Crippen molar-refractivity contribution in [3.63, 3.8) is 0 Å². The van der Waals surface area contributed by atoms with Gasteiger partial charge in [0.1, 0.15) is 6.04 Å². The van der Waals surface area contributed by atoms with Crippen molar-refractivity contribution >= 4 is 21.8 Å². The lowest BCUT2D eigenvalue weighted by Gasteiger charge is -2.34. The third-order valence-corrected chi connectivity index (χ3v) is 7.07. The second kappa shape index (κ2) is 14.1. The molecule has 1 aromatic carbocycles. The van der Waals surface area contributed by atoms with E-state index in [1.807, 2.05) is 65.0 Å². The number of hydrogen-bond acceptors (Lipinski definition) is 6. The van der Waals surface area contributed by atoms with Crippen LogP contribution in [-0.4, -0.2) is 92.7 Å². The molecule has 1 rings (SSSR count). The van der Waals surface area contributed by atoms with Crippen molar-refractivity contribution in [3.05, 3.63) is 35.9 Å². The van der Waals surface area contributed by atoms with E-state index in [9.17, 15) is 23.1 Å². The van der Waals surface area contributed by atoms with Crippen LogP contribution in [0.3, 0.4) is 0 Å². The van der Waals surface area contributed by atoms with E-state index in [-0.39, 0.29) is 25.5 Å². The maximum absolute atomic E-state index is 13.4. The van der Waals surface area contributed by atoms with Gasteiger partial charge >= 0.3 is 0 Å². The average Bonchev–Trinajstić information content (AvgIpc) is 2.72. The highest BCUT2D eigenvalue weighted by Gasteiger charge is 2.35. The van der Waals surface area contributed by atoms with E-state index in [0.717, 1.165) is 11.8 Å². The SMILES string of the molecule is CC(C)CCN(C[C@@H](O)[C@H](Cc1ccccc1)NC(=O)[C@@H](NC(=O)CN(C)C)C(C)(C)C)S(C)(=O)=O. The van der Waals surface area contributed by atoms with Gasteiger partial charge in [-0.25, -0.2) is 8.42 Å². The fourth-order valence-electron chi connectivity index (χ4n) is 3.72. The molecule has 0 heterocycles. The van der Waals surface area contributed by atoms with E-state index >= 15 is 0 Å². The molecular formula is C26H46N4O5S. The van der Waals surface area contributed by atoms with Gasteiger partial charge in [-0.05, 0) is 43.8 Å². The Bertz CT molecular complexity index is 929. The molecule has 206 valence electrons. The first-order chi connectivity index (χ1) is 16.5. The minimum atomic E-state index is -3.56. The summed E-state index contributed by atoms with van der Waals surface area (Å²) in [6.07, 6.45) is 0.923. The highest BCUT2D eigenvalue weighted by Crippen LogP contribution is 2.20. The number of nitrogens with zero attached hydrogens (tertiary/aromatic N) is 2. The number of benzene rings is 1. The normalized spacial score (nSPS) is 15.1. The lowest BCUT2D eigenvalue weighted by atomic mass is 9.85. The first-order valence-electron chi connectivity index (χ1n) is 12.4. The van der Waals surface area contributed by atoms with E-state index in [2.05, 4.69) is 10.6 Å². The summed E-state index contributed by atoms with van der Waals surface area (Å²) in [7, 11) is -0.0212. The Morgan fingerprint density at radius 1 is 1.06 bits per heavy atom. The monoisotopic (exact) mass is 526 g/mol. The molecular weight excluding hydrogens is 480 g/mol. The first-order valence-corrected chi connectivity index (χ1v) is 14.3. The number of hydrogen-bond donors (Lipinski definition) is 3. The Morgan fingerprint density at radius 3 is 2.11 bits per heavy atom. The van der Waals surface area contributed by atoms with Crippen molar-refractivity contribution in [2.75, 3.05) is 40.0 Å². The molecule has 0 aliphatic carbocycles. The van der Waals surface area contributed by atoms with E-state index in [1.54, 1.807) is 19.0 Å². The Balaban J connectivity index is 3.19. The minimum absolute atomic E-state index is 0.134. The number of amides is 2. The zero-order valence-corrected chi connectivity index (χ0v) is 23.9. The first kappa shape index (κ1) is 32.0. The molecule has 2 amide bonds. The molecule has 0 radical (unpaired) electrons. The van der Waals surface area contributed by atoms with Gasteiger partial charge in [0.2, 0.25) is 21.8 Å². The van der Waals surface area contributed by atoms with E-state index in [0.29, 0.717) is 18.8 Å². The Hall–Kier alpha value is -2.01. The molecule has 10 heteroatoms. The highest BCUT2D eigenvalue weighted by molar-refractivity contribution is 7.88. The maximum Gasteiger partial charge on any atom is 0.243 e. The molecule has 0 aliphatic heterocycles. The molecule has 0 unspecified atom stereocenters. The van der Waals surface area contributed by atoms with Gasteiger partial charge in [0.05, 0.1) is 24.9 Å². The topological polar surface area (TPSA) is 119 Å². The number of likely N-dealkylation sites (N-methyl/N-ethyl adjacent to an activating group) is 1. The summed E-state index contributed by atoms with van der Waals surface area (Å²) >= 11 is 0. The lowest BCUT2D eigenvalue weighted by Crippen LogP contribution is -2.59. The van der Waals surface area contributed by atoms with Crippen LogP contribution in [-0.2, 0) is 26.0 Å². The summed E-state index contributed by atoms with van der Waals surface area (Å²) in [5.41, 5.74) is 0.295. The molecule has 0 bridgehead atoms. The van der Waals surface area contributed by atoms with Crippen molar-refractivity contribution in [2.45, 2.75) is 65.6 Å². The number of nitrogens with one attached hydrogen (secondary N) is 2. The van der Waals surface area contributed by atoms with Crippen molar-refractivity contribution in [3.8, 4) is 0 Å². The molecule has 0 fully saturated rings. The predicted octanol–water partition coefficient (Wildman–Crippen LogP) is 1.48. The van der Waals surface area contributed by atoms with Crippen LogP contribution in [0, 0.1) is 11.3 Å². The quantitative estimate of drug-likeness (QED) is 0.338. The molecule has 0 saturated heterocycles.